The van der Waals surface area contributed by atoms with E-state index in [4.69, 9.17) is 11.6 Å². The molecule has 9 heteroatoms. The van der Waals surface area contributed by atoms with E-state index in [9.17, 15) is 18.9 Å². The second-order valence-corrected chi connectivity index (χ2v) is 9.16. The SMILES string of the molecule is CC(=O)c1c(CC(=O)C2[C@@H](C(=O)N(F)Cc3cccc(Cl)c3)C[C@@H]3CN23)[nH]c2ccncc12. The maximum Gasteiger partial charge on any atom is 0.255 e. The number of nitrogens with one attached hydrogen (secondary N) is 1. The molecule has 0 spiro atoms. The summed E-state index contributed by atoms with van der Waals surface area (Å²) < 4.78 is 14.8. The minimum atomic E-state index is -0.757. The number of nitrogens with zero attached hydrogens (tertiary/aromatic N) is 3. The van der Waals surface area contributed by atoms with E-state index in [0.29, 0.717) is 33.7 Å². The van der Waals surface area contributed by atoms with Crippen LogP contribution in [0.3, 0.4) is 0 Å². The third kappa shape index (κ3) is 4.05. The zero-order valence-electron chi connectivity index (χ0n) is 17.9. The quantitative estimate of drug-likeness (QED) is 0.326. The fourth-order valence-electron chi connectivity index (χ4n) is 5.00. The largest absolute Gasteiger partial charge is 0.357 e. The third-order valence-electron chi connectivity index (χ3n) is 6.50. The summed E-state index contributed by atoms with van der Waals surface area (Å²) >= 11 is 5.96. The minimum absolute atomic E-state index is 0.0398. The zero-order chi connectivity index (χ0) is 23.3. The topological polar surface area (TPSA) is 86.1 Å². The summed E-state index contributed by atoms with van der Waals surface area (Å²) in [5.74, 6) is -1.83. The van der Waals surface area contributed by atoms with Gasteiger partial charge in [-0.1, -0.05) is 28.2 Å². The number of ketones is 2. The Morgan fingerprint density at radius 2 is 2.12 bits per heavy atom. The van der Waals surface area contributed by atoms with Crippen molar-refractivity contribution in [3.8, 4) is 0 Å². The minimum Gasteiger partial charge on any atom is -0.357 e. The van der Waals surface area contributed by atoms with E-state index < -0.39 is 17.9 Å². The number of halogens is 2. The second kappa shape index (κ2) is 8.35. The standard InChI is InChI=1S/C24H22ClFN4O3/c1-13(31)22-18-10-27-6-5-19(18)28-20(22)9-21(32)23-17(8-16-12-29(16)23)24(33)30(26)11-14-3-2-4-15(25)7-14/h2-7,10,16-17,23,28H,8-9,11-12H2,1H3/t16-,17+,23?,29?/m1/s1. The van der Waals surface area contributed by atoms with Crippen LogP contribution in [0.4, 0.5) is 4.48 Å². The molecule has 4 heterocycles. The molecule has 0 radical (unpaired) electrons. The summed E-state index contributed by atoms with van der Waals surface area (Å²) in [5.41, 5.74) is 2.23. The van der Waals surface area contributed by atoms with Gasteiger partial charge in [-0.2, -0.15) is 5.12 Å². The number of rotatable bonds is 7. The van der Waals surface area contributed by atoms with Crippen LogP contribution in [0.1, 0.15) is 35.0 Å². The van der Waals surface area contributed by atoms with Crippen molar-refractivity contribution in [2.24, 2.45) is 5.92 Å². The van der Waals surface area contributed by atoms with Gasteiger partial charge in [-0.3, -0.25) is 24.3 Å². The summed E-state index contributed by atoms with van der Waals surface area (Å²) in [7, 11) is 0. The fourth-order valence-corrected chi connectivity index (χ4v) is 5.22. The lowest BCUT2D eigenvalue weighted by Crippen LogP contribution is -2.42. The van der Waals surface area contributed by atoms with Crippen molar-refractivity contribution in [3.63, 3.8) is 0 Å². The second-order valence-electron chi connectivity index (χ2n) is 8.73. The highest BCUT2D eigenvalue weighted by Crippen LogP contribution is 2.42. The summed E-state index contributed by atoms with van der Waals surface area (Å²) in [6, 6.07) is 7.83. The first-order chi connectivity index (χ1) is 15.8. The van der Waals surface area contributed by atoms with Crippen LogP contribution in [0, 0.1) is 5.92 Å². The number of H-pyrrole nitrogens is 1. The Hall–Kier alpha value is -3.10. The molecule has 2 aliphatic rings. The Balaban J connectivity index is 1.36. The lowest BCUT2D eigenvalue weighted by atomic mass is 9.90. The van der Waals surface area contributed by atoms with Crippen molar-refractivity contribution in [1.29, 1.82) is 0 Å². The molecule has 0 saturated carbocycles. The normalized spacial score (nSPS) is 23.4. The van der Waals surface area contributed by atoms with Gasteiger partial charge < -0.3 is 4.98 Å². The first-order valence-corrected chi connectivity index (χ1v) is 11.2. The molecule has 7 nitrogen and oxygen atoms in total. The van der Waals surface area contributed by atoms with Gasteiger partial charge in [0.1, 0.15) is 0 Å². The van der Waals surface area contributed by atoms with Gasteiger partial charge in [0.25, 0.3) is 5.91 Å². The van der Waals surface area contributed by atoms with E-state index in [1.54, 1.807) is 42.7 Å². The van der Waals surface area contributed by atoms with Gasteiger partial charge in [0.15, 0.2) is 11.6 Å². The van der Waals surface area contributed by atoms with E-state index in [0.717, 1.165) is 12.1 Å². The molecule has 170 valence electrons. The number of carbonyl (C=O) groups is 3. The lowest BCUT2D eigenvalue weighted by Gasteiger charge is -2.23. The Kier molecular flexibility index (Phi) is 5.50. The molecule has 0 bridgehead atoms. The van der Waals surface area contributed by atoms with Gasteiger partial charge in [-0.15, -0.1) is 0 Å². The van der Waals surface area contributed by atoms with Crippen LogP contribution in [-0.4, -0.2) is 56.1 Å². The van der Waals surface area contributed by atoms with Crippen LogP contribution < -0.4 is 0 Å². The Morgan fingerprint density at radius 3 is 2.88 bits per heavy atom. The predicted molar refractivity (Wildman–Crippen MR) is 120 cm³/mol. The van der Waals surface area contributed by atoms with Gasteiger partial charge in [0, 0.05) is 58.6 Å². The molecule has 2 fully saturated rings. The highest BCUT2D eigenvalue weighted by Gasteiger charge is 2.57. The number of hydrogen-bond acceptors (Lipinski definition) is 5. The maximum atomic E-state index is 14.8. The van der Waals surface area contributed by atoms with Crippen LogP contribution in [0.15, 0.2) is 42.7 Å². The van der Waals surface area contributed by atoms with E-state index in [1.807, 2.05) is 4.90 Å². The number of fused-ring (bicyclic) bond motifs is 2. The molecule has 33 heavy (non-hydrogen) atoms. The molecule has 1 aromatic carbocycles. The van der Waals surface area contributed by atoms with Crippen LogP contribution in [0.25, 0.3) is 10.9 Å². The Labute approximate surface area is 194 Å². The lowest BCUT2D eigenvalue weighted by molar-refractivity contribution is -0.155. The average molecular weight is 469 g/mol. The summed E-state index contributed by atoms with van der Waals surface area (Å²) in [6.45, 7) is 1.94. The molecule has 3 aromatic rings. The highest BCUT2D eigenvalue weighted by atomic mass is 35.5. The zero-order valence-corrected chi connectivity index (χ0v) is 18.7. The molecule has 2 unspecified atom stereocenters. The molecule has 1 amide bonds. The Morgan fingerprint density at radius 1 is 1.30 bits per heavy atom. The van der Waals surface area contributed by atoms with Crippen molar-refractivity contribution < 1.29 is 18.9 Å². The van der Waals surface area contributed by atoms with Crippen LogP contribution >= 0.6 is 11.6 Å². The monoisotopic (exact) mass is 468 g/mol. The summed E-state index contributed by atoms with van der Waals surface area (Å²) in [6.07, 6.45) is 3.61. The molecular weight excluding hydrogens is 447 g/mol. The smallest absolute Gasteiger partial charge is 0.255 e. The van der Waals surface area contributed by atoms with E-state index in [1.165, 1.54) is 6.92 Å². The van der Waals surface area contributed by atoms with E-state index in [2.05, 4.69) is 9.97 Å². The van der Waals surface area contributed by atoms with Gasteiger partial charge >= 0.3 is 0 Å². The van der Waals surface area contributed by atoms with Crippen molar-refractivity contribution >= 4 is 40.0 Å². The maximum absolute atomic E-state index is 14.8. The van der Waals surface area contributed by atoms with Crippen molar-refractivity contribution in [2.45, 2.75) is 38.4 Å². The van der Waals surface area contributed by atoms with Crippen molar-refractivity contribution in [3.05, 3.63) is 64.6 Å². The first-order valence-electron chi connectivity index (χ1n) is 10.8. The molecule has 1 N–H and O–H groups in total. The number of aromatic amines is 1. The van der Waals surface area contributed by atoms with Gasteiger partial charge in [-0.25, -0.2) is 0 Å². The molecular formula is C24H22ClFN4O3. The number of pyridine rings is 1. The number of benzene rings is 1. The van der Waals surface area contributed by atoms with Crippen molar-refractivity contribution in [2.75, 3.05) is 6.54 Å². The van der Waals surface area contributed by atoms with Crippen LogP contribution in [0.2, 0.25) is 5.02 Å². The molecule has 2 aliphatic heterocycles. The third-order valence-corrected chi connectivity index (χ3v) is 6.73. The molecule has 0 aliphatic carbocycles. The molecule has 4 atom stereocenters. The Bertz CT molecular complexity index is 1280. The molecule has 2 aromatic heterocycles. The number of amides is 1. The highest BCUT2D eigenvalue weighted by molar-refractivity contribution is 6.30. The van der Waals surface area contributed by atoms with Crippen molar-refractivity contribution in [1.82, 2.24) is 20.0 Å². The van der Waals surface area contributed by atoms with Crippen LogP contribution in [0.5, 0.6) is 0 Å². The number of piperidine rings is 1. The molecule has 2 saturated heterocycles. The van der Waals surface area contributed by atoms with Gasteiger partial charge in [0.05, 0.1) is 18.5 Å². The number of aromatic nitrogens is 2. The van der Waals surface area contributed by atoms with Gasteiger partial charge in [0.2, 0.25) is 0 Å². The van der Waals surface area contributed by atoms with Gasteiger partial charge in [-0.05, 0) is 37.1 Å². The average Bonchev–Trinajstić information content (AvgIpc) is 3.27. The number of carbonyl (C=O) groups excluding carboxylic acids is 3. The number of hydrogen-bond donors (Lipinski definition) is 1. The van der Waals surface area contributed by atoms with E-state index in [-0.39, 0.29) is 35.7 Å². The summed E-state index contributed by atoms with van der Waals surface area (Å²) in [4.78, 5) is 47.7. The van der Waals surface area contributed by atoms with E-state index >= 15 is 0 Å². The first kappa shape index (κ1) is 21.7. The summed E-state index contributed by atoms with van der Waals surface area (Å²) in [5, 5.41) is 1.30. The molecule has 5 rings (SSSR count). The fraction of sp³-hybridized carbons (Fsp3) is 0.333. The predicted octanol–water partition coefficient (Wildman–Crippen LogP) is 3.52. The number of Topliss-reactive ketones (excluding diaryl/α,β-unsaturated/α-hetero) is 2. The van der Waals surface area contributed by atoms with Crippen LogP contribution in [-0.2, 0) is 22.6 Å².